The summed E-state index contributed by atoms with van der Waals surface area (Å²) in [5, 5.41) is 2.71. The Morgan fingerprint density at radius 3 is 2.89 bits per heavy atom. The molecule has 1 aromatic heterocycles. The van der Waals surface area contributed by atoms with Gasteiger partial charge in [0.25, 0.3) is 5.91 Å². The summed E-state index contributed by atoms with van der Waals surface area (Å²) >= 11 is 0. The number of amides is 1. The molecule has 0 fully saturated rings. The molecule has 1 amide bonds. The van der Waals surface area contributed by atoms with Crippen molar-refractivity contribution < 1.29 is 13.9 Å². The van der Waals surface area contributed by atoms with Crippen molar-refractivity contribution in [3.8, 4) is 5.75 Å². The maximum absolute atomic E-state index is 11.5. The molecule has 1 heterocycles. The number of benzene rings is 1. The van der Waals surface area contributed by atoms with E-state index in [9.17, 15) is 4.79 Å². The van der Waals surface area contributed by atoms with E-state index in [0.29, 0.717) is 30.2 Å². The van der Waals surface area contributed by atoms with Gasteiger partial charge in [0, 0.05) is 0 Å². The smallest absolute Gasteiger partial charge is 0.254 e. The zero-order valence-corrected chi connectivity index (χ0v) is 9.76. The van der Waals surface area contributed by atoms with Crippen LogP contribution in [-0.2, 0) is 0 Å². The molecule has 0 radical (unpaired) electrons. The first-order chi connectivity index (χ1) is 8.77. The summed E-state index contributed by atoms with van der Waals surface area (Å²) in [6.45, 7) is 0.760. The fourth-order valence-electron chi connectivity index (χ4n) is 1.43. The first-order valence-electron chi connectivity index (χ1n) is 5.55. The Balaban J connectivity index is 1.74. The molecule has 0 bridgehead atoms. The number of hydrogen-bond donors (Lipinski definition) is 2. The minimum atomic E-state index is -0.187. The van der Waals surface area contributed by atoms with E-state index < -0.39 is 0 Å². The highest BCUT2D eigenvalue weighted by Crippen LogP contribution is 2.19. The quantitative estimate of drug-likeness (QED) is 0.621. The van der Waals surface area contributed by atoms with Crippen LogP contribution in [0.1, 0.15) is 10.4 Å². The lowest BCUT2D eigenvalue weighted by Gasteiger charge is -2.08. The number of nitrogen functional groups attached to an aromatic ring is 1. The van der Waals surface area contributed by atoms with Crippen LogP contribution in [0.25, 0.3) is 0 Å². The van der Waals surface area contributed by atoms with Gasteiger partial charge in [-0.2, -0.15) is 0 Å². The van der Waals surface area contributed by atoms with E-state index in [2.05, 4.69) is 5.32 Å². The van der Waals surface area contributed by atoms with Crippen molar-refractivity contribution in [2.24, 2.45) is 0 Å². The highest BCUT2D eigenvalue weighted by atomic mass is 16.5. The van der Waals surface area contributed by atoms with Crippen molar-refractivity contribution in [2.75, 3.05) is 18.9 Å². The lowest BCUT2D eigenvalue weighted by Crippen LogP contribution is -2.27. The molecule has 18 heavy (non-hydrogen) atoms. The topological polar surface area (TPSA) is 77.5 Å². The van der Waals surface area contributed by atoms with Gasteiger partial charge < -0.3 is 20.2 Å². The van der Waals surface area contributed by atoms with Gasteiger partial charge in [-0.15, -0.1) is 0 Å². The van der Waals surface area contributed by atoms with E-state index in [1.54, 1.807) is 18.2 Å². The minimum absolute atomic E-state index is 0.187. The number of furan rings is 1. The molecule has 94 valence electrons. The Morgan fingerprint density at radius 1 is 1.33 bits per heavy atom. The monoisotopic (exact) mass is 246 g/mol. The van der Waals surface area contributed by atoms with Crippen molar-refractivity contribution >= 4 is 11.6 Å². The van der Waals surface area contributed by atoms with E-state index in [-0.39, 0.29) is 5.91 Å². The zero-order chi connectivity index (χ0) is 12.8. The average molecular weight is 246 g/mol. The first kappa shape index (κ1) is 12.0. The molecule has 0 spiro atoms. The number of hydrogen-bond acceptors (Lipinski definition) is 4. The van der Waals surface area contributed by atoms with E-state index in [4.69, 9.17) is 14.9 Å². The van der Waals surface area contributed by atoms with Crippen LogP contribution in [-0.4, -0.2) is 19.1 Å². The molecular weight excluding hydrogens is 232 g/mol. The number of para-hydroxylation sites is 2. The Bertz CT molecular complexity index is 509. The Kier molecular flexibility index (Phi) is 3.86. The van der Waals surface area contributed by atoms with Gasteiger partial charge in [-0.05, 0) is 18.2 Å². The standard InChI is InChI=1S/C13H14N2O3/c14-11-3-1-2-4-12(11)18-8-6-15-13(16)10-5-7-17-9-10/h1-5,7,9H,6,8,14H2,(H,15,16). The predicted octanol–water partition coefficient (Wildman–Crippen LogP) is 1.67. The summed E-state index contributed by atoms with van der Waals surface area (Å²) in [6, 6.07) is 8.83. The first-order valence-corrected chi connectivity index (χ1v) is 5.55. The Labute approximate surface area is 105 Å². The summed E-state index contributed by atoms with van der Waals surface area (Å²) in [7, 11) is 0. The second kappa shape index (κ2) is 5.77. The predicted molar refractivity (Wildman–Crippen MR) is 67.4 cm³/mol. The molecule has 1 aromatic carbocycles. The van der Waals surface area contributed by atoms with Crippen molar-refractivity contribution in [3.05, 3.63) is 48.4 Å². The summed E-state index contributed by atoms with van der Waals surface area (Å²) in [4.78, 5) is 11.5. The van der Waals surface area contributed by atoms with Crippen LogP contribution in [0.2, 0.25) is 0 Å². The van der Waals surface area contributed by atoms with Crippen LogP contribution in [0, 0.1) is 0 Å². The van der Waals surface area contributed by atoms with Gasteiger partial charge in [0.1, 0.15) is 18.6 Å². The molecule has 0 saturated heterocycles. The van der Waals surface area contributed by atoms with Crippen LogP contribution >= 0.6 is 0 Å². The Hall–Kier alpha value is -2.43. The summed E-state index contributed by atoms with van der Waals surface area (Å²) in [5.41, 5.74) is 6.79. The second-order valence-electron chi connectivity index (χ2n) is 3.65. The lowest BCUT2D eigenvalue weighted by molar-refractivity contribution is 0.0946. The van der Waals surface area contributed by atoms with Gasteiger partial charge in [0.05, 0.1) is 24.1 Å². The largest absolute Gasteiger partial charge is 0.490 e. The third-order valence-corrected chi connectivity index (χ3v) is 2.35. The molecule has 0 saturated carbocycles. The Morgan fingerprint density at radius 2 is 2.17 bits per heavy atom. The van der Waals surface area contributed by atoms with E-state index in [1.807, 2.05) is 12.1 Å². The third-order valence-electron chi connectivity index (χ3n) is 2.35. The maximum atomic E-state index is 11.5. The SMILES string of the molecule is Nc1ccccc1OCCNC(=O)c1ccoc1. The third kappa shape index (κ3) is 3.04. The molecule has 0 atom stereocenters. The van der Waals surface area contributed by atoms with Gasteiger partial charge in [0.2, 0.25) is 0 Å². The molecule has 0 aliphatic rings. The van der Waals surface area contributed by atoms with Crippen molar-refractivity contribution in [1.82, 2.24) is 5.32 Å². The number of carbonyl (C=O) groups excluding carboxylic acids is 1. The van der Waals surface area contributed by atoms with Gasteiger partial charge >= 0.3 is 0 Å². The fraction of sp³-hybridized carbons (Fsp3) is 0.154. The van der Waals surface area contributed by atoms with Gasteiger partial charge in [-0.25, -0.2) is 0 Å². The maximum Gasteiger partial charge on any atom is 0.254 e. The van der Waals surface area contributed by atoms with Crippen molar-refractivity contribution in [1.29, 1.82) is 0 Å². The van der Waals surface area contributed by atoms with Crippen LogP contribution < -0.4 is 15.8 Å². The number of nitrogens with one attached hydrogen (secondary N) is 1. The highest BCUT2D eigenvalue weighted by Gasteiger charge is 2.05. The molecule has 5 heteroatoms. The molecular formula is C13H14N2O3. The van der Waals surface area contributed by atoms with E-state index >= 15 is 0 Å². The fourth-order valence-corrected chi connectivity index (χ4v) is 1.43. The number of anilines is 1. The highest BCUT2D eigenvalue weighted by molar-refractivity contribution is 5.93. The number of carbonyl (C=O) groups is 1. The normalized spacial score (nSPS) is 10.0. The molecule has 0 aliphatic carbocycles. The summed E-state index contributed by atoms with van der Waals surface area (Å²) in [6.07, 6.45) is 2.85. The average Bonchev–Trinajstić information content (AvgIpc) is 2.90. The van der Waals surface area contributed by atoms with Crippen LogP contribution in [0.5, 0.6) is 5.75 Å². The molecule has 0 aliphatic heterocycles. The minimum Gasteiger partial charge on any atom is -0.490 e. The van der Waals surface area contributed by atoms with Crippen molar-refractivity contribution in [3.63, 3.8) is 0 Å². The lowest BCUT2D eigenvalue weighted by atomic mass is 10.3. The molecule has 5 nitrogen and oxygen atoms in total. The van der Waals surface area contributed by atoms with Gasteiger partial charge in [0.15, 0.2) is 0 Å². The van der Waals surface area contributed by atoms with Crippen LogP contribution in [0.4, 0.5) is 5.69 Å². The molecule has 2 aromatic rings. The number of rotatable bonds is 5. The van der Waals surface area contributed by atoms with Gasteiger partial charge in [-0.3, -0.25) is 4.79 Å². The number of ether oxygens (including phenoxy) is 1. The van der Waals surface area contributed by atoms with E-state index in [0.717, 1.165) is 0 Å². The second-order valence-corrected chi connectivity index (χ2v) is 3.65. The number of nitrogens with two attached hydrogens (primary N) is 1. The van der Waals surface area contributed by atoms with Crippen LogP contribution in [0.3, 0.4) is 0 Å². The molecule has 0 unspecified atom stereocenters. The van der Waals surface area contributed by atoms with Crippen LogP contribution in [0.15, 0.2) is 47.3 Å². The molecule has 2 rings (SSSR count). The summed E-state index contributed by atoms with van der Waals surface area (Å²) < 4.78 is 10.3. The zero-order valence-electron chi connectivity index (χ0n) is 9.76. The van der Waals surface area contributed by atoms with E-state index in [1.165, 1.54) is 12.5 Å². The van der Waals surface area contributed by atoms with Crippen molar-refractivity contribution in [2.45, 2.75) is 0 Å². The molecule has 3 N–H and O–H groups in total. The summed E-state index contributed by atoms with van der Waals surface area (Å²) in [5.74, 6) is 0.434. The van der Waals surface area contributed by atoms with Gasteiger partial charge in [-0.1, -0.05) is 12.1 Å².